The summed E-state index contributed by atoms with van der Waals surface area (Å²) < 4.78 is 5.32. The number of thioether (sulfide) groups is 1. The van der Waals surface area contributed by atoms with Crippen LogP contribution < -0.4 is 15.1 Å². The number of allylic oxidation sites excluding steroid dienone is 1. The maximum atomic E-state index is 12.7. The predicted octanol–water partition coefficient (Wildman–Crippen LogP) is 4.80. The molecule has 1 N–H and O–H groups in total. The maximum absolute atomic E-state index is 12.7. The van der Waals surface area contributed by atoms with Crippen LogP contribution in [0.2, 0.25) is 0 Å². The molecular weight excluding hydrogens is 384 g/mol. The van der Waals surface area contributed by atoms with Crippen LogP contribution in [-0.2, 0) is 0 Å². The number of amides is 1. The Morgan fingerprint density at radius 3 is 2.76 bits per heavy atom. The van der Waals surface area contributed by atoms with Gasteiger partial charge in [0.25, 0.3) is 5.91 Å². The number of hydrogen-bond acceptors (Lipinski definition) is 6. The highest BCUT2D eigenvalue weighted by Crippen LogP contribution is 2.39. The number of benzene rings is 2. The summed E-state index contributed by atoms with van der Waals surface area (Å²) in [4.78, 5) is 14.7. The van der Waals surface area contributed by atoms with E-state index in [1.807, 2.05) is 19.1 Å². The van der Waals surface area contributed by atoms with Crippen molar-refractivity contribution in [3.05, 3.63) is 63.8 Å². The number of hydrazone groups is 1. The highest BCUT2D eigenvalue weighted by atomic mass is 32.2. The third-order valence-corrected chi connectivity index (χ3v) is 5.86. The minimum Gasteiger partial charge on any atom is -0.497 e. The van der Waals surface area contributed by atoms with Gasteiger partial charge in [0.15, 0.2) is 0 Å². The van der Waals surface area contributed by atoms with E-state index in [4.69, 9.17) is 10.00 Å². The number of fused-ring (bicyclic) bond motifs is 1. The Bertz CT molecular complexity index is 1040. The largest absolute Gasteiger partial charge is 0.497 e. The summed E-state index contributed by atoms with van der Waals surface area (Å²) in [6.07, 6.45) is 1.65. The van der Waals surface area contributed by atoms with Crippen molar-refractivity contribution >= 4 is 30.1 Å². The first-order chi connectivity index (χ1) is 14.0. The number of carbonyl (C=O) groups excluding carboxylic acids is 1. The van der Waals surface area contributed by atoms with Gasteiger partial charge in [0.2, 0.25) is 0 Å². The van der Waals surface area contributed by atoms with Crippen LogP contribution in [0.5, 0.6) is 5.75 Å². The molecule has 7 heteroatoms. The molecule has 2 aromatic carbocycles. The molecule has 0 bridgehead atoms. The van der Waals surface area contributed by atoms with Gasteiger partial charge in [0, 0.05) is 22.6 Å². The van der Waals surface area contributed by atoms with E-state index in [0.717, 1.165) is 28.2 Å². The number of nitrogens with one attached hydrogen (secondary N) is 1. The standard InChI is InChI=1S/C22H22N4O2S/c1-5-6-20(29-19-10-7-15(13-23)11-14(19)2)21-25-22(27)17-9-8-16(28-4)12-18(17)26(21)24-3/h7-12H,3,5-6H2,1-2,4H3,(H,25,27)/b21-20+. The van der Waals surface area contributed by atoms with E-state index in [9.17, 15) is 4.79 Å². The van der Waals surface area contributed by atoms with Crippen molar-refractivity contribution in [1.82, 2.24) is 5.32 Å². The predicted molar refractivity (Wildman–Crippen MR) is 116 cm³/mol. The first kappa shape index (κ1) is 20.5. The van der Waals surface area contributed by atoms with E-state index in [1.54, 1.807) is 48.1 Å². The Hall–Kier alpha value is -3.24. The lowest BCUT2D eigenvalue weighted by Gasteiger charge is -2.31. The lowest BCUT2D eigenvalue weighted by molar-refractivity contribution is 0.0960. The Kier molecular flexibility index (Phi) is 6.25. The second kappa shape index (κ2) is 8.84. The summed E-state index contributed by atoms with van der Waals surface area (Å²) in [6.45, 7) is 7.76. The summed E-state index contributed by atoms with van der Waals surface area (Å²) in [7, 11) is 1.58. The van der Waals surface area contributed by atoms with Gasteiger partial charge in [-0.3, -0.25) is 4.79 Å². The lowest BCUT2D eigenvalue weighted by Crippen LogP contribution is -2.39. The third-order valence-electron chi connectivity index (χ3n) is 4.54. The molecule has 0 fully saturated rings. The van der Waals surface area contributed by atoms with Crippen molar-refractivity contribution in [3.63, 3.8) is 0 Å². The molecule has 1 heterocycles. The number of nitrogens with zero attached hydrogens (tertiary/aromatic N) is 3. The first-order valence-corrected chi connectivity index (χ1v) is 10.0. The van der Waals surface area contributed by atoms with Crippen LogP contribution in [0.3, 0.4) is 0 Å². The molecule has 0 spiro atoms. The van der Waals surface area contributed by atoms with E-state index < -0.39 is 0 Å². The molecule has 0 saturated heterocycles. The third kappa shape index (κ3) is 4.13. The highest BCUT2D eigenvalue weighted by Gasteiger charge is 2.29. The summed E-state index contributed by atoms with van der Waals surface area (Å²) in [5.41, 5.74) is 2.77. The number of ether oxygens (including phenoxy) is 1. The number of carbonyl (C=O) groups is 1. The van der Waals surface area contributed by atoms with Crippen LogP contribution in [-0.4, -0.2) is 19.7 Å². The molecule has 0 unspecified atom stereocenters. The summed E-state index contributed by atoms with van der Waals surface area (Å²) >= 11 is 1.57. The van der Waals surface area contributed by atoms with Gasteiger partial charge in [-0.15, -0.1) is 0 Å². The van der Waals surface area contributed by atoms with Gasteiger partial charge in [0.05, 0.1) is 30.0 Å². The number of hydrogen-bond donors (Lipinski definition) is 1. The molecule has 2 aromatic rings. The first-order valence-electron chi connectivity index (χ1n) is 9.20. The van der Waals surface area contributed by atoms with Crippen LogP contribution in [0.15, 0.2) is 57.1 Å². The van der Waals surface area contributed by atoms with Gasteiger partial charge in [-0.2, -0.15) is 10.4 Å². The molecule has 29 heavy (non-hydrogen) atoms. The van der Waals surface area contributed by atoms with E-state index in [-0.39, 0.29) is 5.91 Å². The Labute approximate surface area is 174 Å². The average molecular weight is 407 g/mol. The second-order valence-electron chi connectivity index (χ2n) is 6.51. The van der Waals surface area contributed by atoms with Crippen molar-refractivity contribution in [2.45, 2.75) is 31.6 Å². The van der Waals surface area contributed by atoms with Crippen molar-refractivity contribution in [2.75, 3.05) is 12.1 Å². The molecule has 0 radical (unpaired) electrons. The van der Waals surface area contributed by atoms with Gasteiger partial charge < -0.3 is 10.1 Å². The summed E-state index contributed by atoms with van der Waals surface area (Å²) in [5, 5.41) is 17.9. The zero-order chi connectivity index (χ0) is 21.0. The molecule has 0 atom stereocenters. The molecule has 1 aliphatic rings. The Balaban J connectivity index is 2.09. The number of rotatable bonds is 6. The average Bonchev–Trinajstić information content (AvgIpc) is 2.74. The van der Waals surface area contributed by atoms with Gasteiger partial charge in [-0.1, -0.05) is 25.1 Å². The summed E-state index contributed by atoms with van der Waals surface area (Å²) in [6, 6.07) is 13.0. The van der Waals surface area contributed by atoms with Crippen molar-refractivity contribution in [1.29, 1.82) is 5.26 Å². The van der Waals surface area contributed by atoms with E-state index >= 15 is 0 Å². The number of anilines is 1. The van der Waals surface area contributed by atoms with Gasteiger partial charge in [-0.25, -0.2) is 5.01 Å². The lowest BCUT2D eigenvalue weighted by atomic mass is 10.1. The van der Waals surface area contributed by atoms with Crippen LogP contribution in [0, 0.1) is 18.3 Å². The summed E-state index contributed by atoms with van der Waals surface area (Å²) in [5.74, 6) is 1.05. The van der Waals surface area contributed by atoms with Crippen molar-refractivity contribution in [2.24, 2.45) is 5.10 Å². The molecule has 3 rings (SSSR count). The number of aryl methyl sites for hydroxylation is 1. The SMILES string of the molecule is C=NN1/C(=C(\CCC)Sc2ccc(C#N)cc2C)NC(=O)c2ccc(OC)cc21. The smallest absolute Gasteiger partial charge is 0.259 e. The monoisotopic (exact) mass is 406 g/mol. The molecule has 1 amide bonds. The number of nitriles is 1. The fraction of sp³-hybridized carbons (Fsp3) is 0.227. The molecular formula is C22H22N4O2S. The van der Waals surface area contributed by atoms with Crippen LogP contribution in [0.25, 0.3) is 0 Å². The van der Waals surface area contributed by atoms with Crippen LogP contribution in [0.1, 0.15) is 41.3 Å². The van der Waals surface area contributed by atoms with Gasteiger partial charge in [0.1, 0.15) is 11.6 Å². The van der Waals surface area contributed by atoms with Gasteiger partial charge in [-0.05, 0) is 49.2 Å². The molecule has 0 saturated carbocycles. The fourth-order valence-corrected chi connectivity index (χ4v) is 4.26. The number of methoxy groups -OCH3 is 1. The second-order valence-corrected chi connectivity index (χ2v) is 7.64. The maximum Gasteiger partial charge on any atom is 0.259 e. The Morgan fingerprint density at radius 1 is 1.34 bits per heavy atom. The molecule has 1 aliphatic heterocycles. The van der Waals surface area contributed by atoms with Crippen LogP contribution in [0.4, 0.5) is 5.69 Å². The molecule has 0 aliphatic carbocycles. The fourth-order valence-electron chi connectivity index (χ4n) is 3.10. The van der Waals surface area contributed by atoms with Crippen molar-refractivity contribution < 1.29 is 9.53 Å². The highest BCUT2D eigenvalue weighted by molar-refractivity contribution is 8.03. The molecule has 0 aromatic heterocycles. The molecule has 6 nitrogen and oxygen atoms in total. The van der Waals surface area contributed by atoms with E-state index in [2.05, 4.69) is 30.1 Å². The zero-order valence-corrected chi connectivity index (χ0v) is 17.5. The quantitative estimate of drug-likeness (QED) is 0.551. The van der Waals surface area contributed by atoms with E-state index in [1.165, 1.54) is 0 Å². The van der Waals surface area contributed by atoms with Gasteiger partial charge >= 0.3 is 0 Å². The minimum absolute atomic E-state index is 0.191. The normalized spacial score (nSPS) is 14.6. The minimum atomic E-state index is -0.191. The van der Waals surface area contributed by atoms with Crippen molar-refractivity contribution in [3.8, 4) is 11.8 Å². The zero-order valence-electron chi connectivity index (χ0n) is 16.7. The molecule has 148 valence electrons. The topological polar surface area (TPSA) is 77.7 Å². The van der Waals surface area contributed by atoms with E-state index in [0.29, 0.717) is 28.4 Å². The Morgan fingerprint density at radius 2 is 2.14 bits per heavy atom. The van der Waals surface area contributed by atoms with Crippen LogP contribution >= 0.6 is 11.8 Å².